The molecule has 6 heteroatoms. The Bertz CT molecular complexity index is 904. The van der Waals surface area contributed by atoms with Crippen LogP contribution >= 0.6 is 23.2 Å². The third kappa shape index (κ3) is 3.55. The van der Waals surface area contributed by atoms with Gasteiger partial charge in [-0.1, -0.05) is 29.3 Å². The molecule has 2 heterocycles. The lowest BCUT2D eigenvalue weighted by molar-refractivity contribution is -0.694. The molecule has 3 aromatic rings. The van der Waals surface area contributed by atoms with Gasteiger partial charge in [0.25, 0.3) is 5.82 Å². The quantitative estimate of drug-likeness (QED) is 0.597. The second-order valence-corrected chi connectivity index (χ2v) is 6.88. The fourth-order valence-corrected chi connectivity index (χ4v) is 3.65. The summed E-state index contributed by atoms with van der Waals surface area (Å²) in [6.07, 6.45) is 4.32. The summed E-state index contributed by atoms with van der Waals surface area (Å²) in [5.41, 5.74) is 3.27. The van der Waals surface area contributed by atoms with Gasteiger partial charge in [-0.2, -0.15) is 0 Å². The van der Waals surface area contributed by atoms with Crippen LogP contribution in [0.25, 0.3) is 11.3 Å². The van der Waals surface area contributed by atoms with E-state index < -0.39 is 0 Å². The lowest BCUT2D eigenvalue weighted by atomic mass is 10.1. The zero-order chi connectivity index (χ0) is 16.7. The van der Waals surface area contributed by atoms with Gasteiger partial charge in [0.1, 0.15) is 18.6 Å². The third-order valence-electron chi connectivity index (χ3n) is 4.47. The monoisotopic (exact) mass is 396 g/mol. The van der Waals surface area contributed by atoms with E-state index in [9.17, 15) is 4.39 Å². The standard InChI is InChI=1S/C19H16Cl2FN2.ClH/c20-16-8-3-13(10-17(16)21)11-23-12-18(24-9-1-2-19(23)24)14-4-6-15(22)7-5-14;/h3-8,10,12H,1-2,9,11H2;1H/q+1;/p-1. The largest absolute Gasteiger partial charge is 1.00 e. The molecule has 1 aliphatic heterocycles. The smallest absolute Gasteiger partial charge is 0.257 e. The molecule has 0 radical (unpaired) electrons. The number of benzene rings is 2. The molecule has 0 atom stereocenters. The molecule has 4 rings (SSSR count). The van der Waals surface area contributed by atoms with Crippen LogP contribution in [0.5, 0.6) is 0 Å². The predicted molar refractivity (Wildman–Crippen MR) is 93.9 cm³/mol. The summed E-state index contributed by atoms with van der Waals surface area (Å²) < 4.78 is 17.8. The maximum absolute atomic E-state index is 13.2. The Labute approximate surface area is 162 Å². The molecule has 0 amide bonds. The van der Waals surface area contributed by atoms with Gasteiger partial charge < -0.3 is 12.4 Å². The van der Waals surface area contributed by atoms with Crippen LogP contribution in [-0.4, -0.2) is 4.57 Å². The van der Waals surface area contributed by atoms with E-state index in [2.05, 4.69) is 15.3 Å². The molecule has 1 aromatic heterocycles. The van der Waals surface area contributed by atoms with Crippen LogP contribution < -0.4 is 17.0 Å². The summed E-state index contributed by atoms with van der Waals surface area (Å²) in [5.74, 6) is 1.08. The SMILES string of the molecule is Fc1ccc(-c2c[n+](Cc3ccc(Cl)c(Cl)c3)c3n2CCC3)cc1.[Cl-]. The molecular formula is C19H16Cl3FN2. The van der Waals surface area contributed by atoms with Crippen molar-refractivity contribution < 1.29 is 21.4 Å². The number of nitrogens with zero attached hydrogens (tertiary/aromatic N) is 2. The number of aromatic nitrogens is 2. The normalized spacial score (nSPS) is 12.8. The predicted octanol–water partition coefficient (Wildman–Crippen LogP) is 1.89. The van der Waals surface area contributed by atoms with Crippen molar-refractivity contribution in [1.82, 2.24) is 4.57 Å². The molecule has 2 aromatic carbocycles. The molecule has 0 saturated heterocycles. The van der Waals surface area contributed by atoms with Gasteiger partial charge in [0, 0.05) is 5.56 Å². The molecule has 1 aliphatic rings. The van der Waals surface area contributed by atoms with Crippen LogP contribution in [0.1, 0.15) is 17.8 Å². The fraction of sp³-hybridized carbons (Fsp3) is 0.211. The minimum absolute atomic E-state index is 0. The van der Waals surface area contributed by atoms with Crippen molar-refractivity contribution in [3.8, 4) is 11.3 Å². The Balaban J connectivity index is 0.00000182. The Kier molecular flexibility index (Phi) is 5.38. The molecule has 25 heavy (non-hydrogen) atoms. The van der Waals surface area contributed by atoms with Crippen LogP contribution in [0.3, 0.4) is 0 Å². The van der Waals surface area contributed by atoms with Crippen molar-refractivity contribution in [3.05, 3.63) is 75.9 Å². The molecule has 0 bridgehead atoms. The first-order valence-electron chi connectivity index (χ1n) is 7.93. The first-order valence-corrected chi connectivity index (χ1v) is 8.69. The molecule has 0 aliphatic carbocycles. The maximum Gasteiger partial charge on any atom is 0.257 e. The topological polar surface area (TPSA) is 8.81 Å². The minimum atomic E-state index is -0.212. The molecule has 2 nitrogen and oxygen atoms in total. The van der Waals surface area contributed by atoms with Crippen LogP contribution in [0.2, 0.25) is 10.0 Å². The lowest BCUT2D eigenvalue weighted by Crippen LogP contribution is -3.00. The zero-order valence-electron chi connectivity index (χ0n) is 13.4. The number of halogens is 4. The van der Waals surface area contributed by atoms with Crippen LogP contribution in [0, 0.1) is 5.82 Å². The highest BCUT2D eigenvalue weighted by molar-refractivity contribution is 6.42. The average molecular weight is 398 g/mol. The van der Waals surface area contributed by atoms with Gasteiger partial charge in [0.15, 0.2) is 5.69 Å². The van der Waals surface area contributed by atoms with Crippen molar-refractivity contribution in [2.75, 3.05) is 0 Å². The van der Waals surface area contributed by atoms with Crippen molar-refractivity contribution in [1.29, 1.82) is 0 Å². The van der Waals surface area contributed by atoms with Crippen LogP contribution in [0.4, 0.5) is 4.39 Å². The van der Waals surface area contributed by atoms with E-state index in [0.717, 1.165) is 42.8 Å². The van der Waals surface area contributed by atoms with Crippen LogP contribution in [-0.2, 0) is 19.5 Å². The van der Waals surface area contributed by atoms with Crippen LogP contribution in [0.15, 0.2) is 48.7 Å². The van der Waals surface area contributed by atoms with E-state index in [1.165, 1.54) is 18.0 Å². The first kappa shape index (κ1) is 18.2. The van der Waals surface area contributed by atoms with Crippen molar-refractivity contribution in [2.45, 2.75) is 25.9 Å². The number of imidazole rings is 1. The number of hydrogen-bond acceptors (Lipinski definition) is 0. The Morgan fingerprint density at radius 3 is 2.52 bits per heavy atom. The molecule has 0 fully saturated rings. The van der Waals surface area contributed by atoms with E-state index in [1.54, 1.807) is 0 Å². The summed E-state index contributed by atoms with van der Waals surface area (Å²) in [6, 6.07) is 12.4. The van der Waals surface area contributed by atoms with Gasteiger partial charge in [-0.15, -0.1) is 0 Å². The first-order chi connectivity index (χ1) is 11.6. The maximum atomic E-state index is 13.2. The number of hydrogen-bond donors (Lipinski definition) is 0. The van der Waals surface area contributed by atoms with Gasteiger partial charge in [0.2, 0.25) is 0 Å². The minimum Gasteiger partial charge on any atom is -1.00 e. The van der Waals surface area contributed by atoms with E-state index in [1.807, 2.05) is 30.3 Å². The molecule has 0 spiro atoms. The Morgan fingerprint density at radius 2 is 1.80 bits per heavy atom. The van der Waals surface area contributed by atoms with Gasteiger partial charge >= 0.3 is 0 Å². The summed E-state index contributed by atoms with van der Waals surface area (Å²) in [4.78, 5) is 0. The summed E-state index contributed by atoms with van der Waals surface area (Å²) in [6.45, 7) is 1.74. The van der Waals surface area contributed by atoms with E-state index in [4.69, 9.17) is 23.2 Å². The highest BCUT2D eigenvalue weighted by atomic mass is 35.5. The van der Waals surface area contributed by atoms with Crippen molar-refractivity contribution in [3.63, 3.8) is 0 Å². The average Bonchev–Trinajstić information content (AvgIpc) is 3.16. The van der Waals surface area contributed by atoms with Gasteiger partial charge in [-0.05, 0) is 48.4 Å². The summed E-state index contributed by atoms with van der Waals surface area (Å²) in [7, 11) is 0. The molecule has 130 valence electrons. The van der Waals surface area contributed by atoms with Gasteiger partial charge in [0.05, 0.1) is 23.0 Å². The summed E-state index contributed by atoms with van der Waals surface area (Å²) in [5, 5.41) is 1.14. The Morgan fingerprint density at radius 1 is 1.04 bits per heavy atom. The molecular weight excluding hydrogens is 382 g/mol. The molecule has 0 N–H and O–H groups in total. The van der Waals surface area contributed by atoms with Crippen molar-refractivity contribution >= 4 is 23.2 Å². The molecule has 0 unspecified atom stereocenters. The highest BCUT2D eigenvalue weighted by Crippen LogP contribution is 2.26. The summed E-state index contributed by atoms with van der Waals surface area (Å²) >= 11 is 12.1. The highest BCUT2D eigenvalue weighted by Gasteiger charge is 2.28. The van der Waals surface area contributed by atoms with E-state index in [0.29, 0.717) is 10.0 Å². The van der Waals surface area contributed by atoms with Crippen molar-refractivity contribution in [2.24, 2.45) is 0 Å². The zero-order valence-corrected chi connectivity index (χ0v) is 15.6. The fourth-order valence-electron chi connectivity index (χ4n) is 3.33. The van der Waals surface area contributed by atoms with E-state index >= 15 is 0 Å². The molecule has 0 saturated carbocycles. The Hall–Kier alpha value is -1.55. The van der Waals surface area contributed by atoms with E-state index in [-0.39, 0.29) is 18.2 Å². The number of rotatable bonds is 3. The lowest BCUT2D eigenvalue weighted by Gasteiger charge is -2.02. The second kappa shape index (κ2) is 7.36. The third-order valence-corrected chi connectivity index (χ3v) is 5.21. The number of fused-ring (bicyclic) bond motifs is 1. The van der Waals surface area contributed by atoms with Gasteiger partial charge in [-0.3, -0.25) is 0 Å². The van der Waals surface area contributed by atoms with Gasteiger partial charge in [-0.25, -0.2) is 13.5 Å². The second-order valence-electron chi connectivity index (χ2n) is 6.07.